The number of Topliss-reactive ketones (excluding diaryl/α,β-unsaturated/α-hetero) is 1. The first-order chi connectivity index (χ1) is 8.63. The van der Waals surface area contributed by atoms with Crippen molar-refractivity contribution in [2.24, 2.45) is 0 Å². The van der Waals surface area contributed by atoms with Crippen LogP contribution in [0.25, 0.3) is 0 Å². The van der Waals surface area contributed by atoms with Gasteiger partial charge in [0.25, 0.3) is 0 Å². The van der Waals surface area contributed by atoms with Crippen molar-refractivity contribution in [3.8, 4) is 6.07 Å². The number of hydrogen-bond donors (Lipinski definition) is 0. The lowest BCUT2D eigenvalue weighted by Crippen LogP contribution is -2.08. The summed E-state index contributed by atoms with van der Waals surface area (Å²) < 4.78 is 4.82. The summed E-state index contributed by atoms with van der Waals surface area (Å²) >= 11 is 5.49. The predicted molar refractivity (Wildman–Crippen MR) is 66.8 cm³/mol. The highest BCUT2D eigenvalue weighted by Crippen LogP contribution is 2.14. The summed E-state index contributed by atoms with van der Waals surface area (Å²) in [4.78, 5) is 23.2. The van der Waals surface area contributed by atoms with E-state index in [0.717, 1.165) is 0 Å². The number of carbonyl (C=O) groups is 2. The Morgan fingerprint density at radius 3 is 2.72 bits per heavy atom. The van der Waals surface area contributed by atoms with Crippen LogP contribution in [0.5, 0.6) is 0 Å². The minimum Gasteiger partial charge on any atom is -0.462 e. The molecule has 0 unspecified atom stereocenters. The van der Waals surface area contributed by atoms with Crippen molar-refractivity contribution in [3.63, 3.8) is 0 Å². The third-order valence-electron chi connectivity index (χ3n) is 2.27. The Morgan fingerprint density at radius 2 is 2.17 bits per heavy atom. The predicted octanol–water partition coefficient (Wildman–Crippen LogP) is 2.55. The van der Waals surface area contributed by atoms with Gasteiger partial charge in [-0.15, -0.1) is 11.6 Å². The van der Waals surface area contributed by atoms with E-state index in [1.807, 2.05) is 6.07 Å². The first-order valence-electron chi connectivity index (χ1n) is 5.44. The number of benzene rings is 1. The van der Waals surface area contributed by atoms with Gasteiger partial charge < -0.3 is 4.74 Å². The summed E-state index contributed by atoms with van der Waals surface area (Å²) in [5.74, 6) is -0.522. The summed E-state index contributed by atoms with van der Waals surface area (Å²) in [6.07, 6.45) is 0.162. The second kappa shape index (κ2) is 6.77. The van der Waals surface area contributed by atoms with Crippen molar-refractivity contribution in [1.82, 2.24) is 0 Å². The SMILES string of the molecule is CCOC(=O)c1ccc(C(=O)CCCl)c(C#N)c1. The Kier molecular flexibility index (Phi) is 5.34. The number of ether oxygens (including phenoxy) is 1. The molecule has 0 amide bonds. The molecule has 5 heteroatoms. The molecule has 0 heterocycles. The van der Waals surface area contributed by atoms with E-state index < -0.39 is 5.97 Å². The van der Waals surface area contributed by atoms with E-state index in [9.17, 15) is 9.59 Å². The van der Waals surface area contributed by atoms with E-state index in [1.54, 1.807) is 6.92 Å². The molecule has 0 spiro atoms. The van der Waals surface area contributed by atoms with Gasteiger partial charge in [-0.3, -0.25) is 4.79 Å². The molecule has 94 valence electrons. The van der Waals surface area contributed by atoms with Crippen LogP contribution in [0.3, 0.4) is 0 Å². The minimum absolute atomic E-state index is 0.162. The van der Waals surface area contributed by atoms with Gasteiger partial charge in [0.05, 0.1) is 23.8 Å². The highest BCUT2D eigenvalue weighted by molar-refractivity contribution is 6.19. The average Bonchev–Trinajstić information content (AvgIpc) is 2.38. The summed E-state index contributed by atoms with van der Waals surface area (Å²) in [7, 11) is 0. The summed E-state index contributed by atoms with van der Waals surface area (Å²) in [6.45, 7) is 1.95. The van der Waals surface area contributed by atoms with Gasteiger partial charge in [-0.25, -0.2) is 4.79 Å². The molecular weight excluding hydrogens is 254 g/mol. The number of halogens is 1. The zero-order chi connectivity index (χ0) is 13.5. The third-order valence-corrected chi connectivity index (χ3v) is 2.46. The van der Waals surface area contributed by atoms with Crippen LogP contribution in [0.1, 0.15) is 39.6 Å². The Morgan fingerprint density at radius 1 is 1.44 bits per heavy atom. The molecule has 0 fully saturated rings. The Hall–Kier alpha value is -1.86. The number of nitriles is 1. The third kappa shape index (κ3) is 3.31. The highest BCUT2D eigenvalue weighted by atomic mass is 35.5. The minimum atomic E-state index is -0.509. The van der Waals surface area contributed by atoms with E-state index in [4.69, 9.17) is 21.6 Å². The zero-order valence-electron chi connectivity index (χ0n) is 9.90. The maximum atomic E-state index is 11.7. The summed E-state index contributed by atoms with van der Waals surface area (Å²) in [5.41, 5.74) is 0.706. The monoisotopic (exact) mass is 265 g/mol. The van der Waals surface area contributed by atoms with E-state index in [-0.39, 0.29) is 41.4 Å². The van der Waals surface area contributed by atoms with Crippen LogP contribution in [0.2, 0.25) is 0 Å². The molecule has 0 atom stereocenters. The lowest BCUT2D eigenvalue weighted by molar-refractivity contribution is 0.0526. The van der Waals surface area contributed by atoms with Crippen LogP contribution in [-0.4, -0.2) is 24.2 Å². The molecule has 0 aromatic heterocycles. The zero-order valence-corrected chi connectivity index (χ0v) is 10.7. The Balaban J connectivity index is 3.08. The van der Waals surface area contributed by atoms with Crippen molar-refractivity contribution < 1.29 is 14.3 Å². The van der Waals surface area contributed by atoms with Gasteiger partial charge in [-0.05, 0) is 25.1 Å². The van der Waals surface area contributed by atoms with Crippen molar-refractivity contribution in [2.45, 2.75) is 13.3 Å². The van der Waals surface area contributed by atoms with E-state index >= 15 is 0 Å². The van der Waals surface area contributed by atoms with Gasteiger partial charge in [0, 0.05) is 17.9 Å². The second-order valence-electron chi connectivity index (χ2n) is 3.45. The molecule has 0 aliphatic rings. The molecule has 0 aliphatic carbocycles. The molecule has 0 aliphatic heterocycles. The maximum absolute atomic E-state index is 11.7. The van der Waals surface area contributed by atoms with Crippen LogP contribution in [0, 0.1) is 11.3 Å². The van der Waals surface area contributed by atoms with Gasteiger partial charge in [0.2, 0.25) is 0 Å². The molecular formula is C13H12ClNO3. The maximum Gasteiger partial charge on any atom is 0.338 e. The smallest absolute Gasteiger partial charge is 0.338 e. The quantitative estimate of drug-likeness (QED) is 0.466. The normalized spacial score (nSPS) is 9.61. The number of ketones is 1. The summed E-state index contributed by atoms with van der Waals surface area (Å²) in [6, 6.07) is 6.19. The van der Waals surface area contributed by atoms with Gasteiger partial charge in [-0.1, -0.05) is 0 Å². The van der Waals surface area contributed by atoms with Crippen LogP contribution < -0.4 is 0 Å². The van der Waals surface area contributed by atoms with E-state index in [0.29, 0.717) is 0 Å². The van der Waals surface area contributed by atoms with Crippen LogP contribution in [-0.2, 0) is 4.74 Å². The fourth-order valence-electron chi connectivity index (χ4n) is 1.44. The number of alkyl halides is 1. The topological polar surface area (TPSA) is 67.2 Å². The van der Waals surface area contributed by atoms with Crippen molar-refractivity contribution >= 4 is 23.4 Å². The molecule has 0 radical (unpaired) electrons. The number of nitrogens with zero attached hydrogens (tertiary/aromatic N) is 1. The second-order valence-corrected chi connectivity index (χ2v) is 3.83. The van der Waals surface area contributed by atoms with Crippen molar-refractivity contribution in [3.05, 3.63) is 34.9 Å². The number of rotatable bonds is 5. The van der Waals surface area contributed by atoms with Gasteiger partial charge in [0.1, 0.15) is 0 Å². The molecule has 4 nitrogen and oxygen atoms in total. The molecule has 0 bridgehead atoms. The lowest BCUT2D eigenvalue weighted by atomic mass is 10.0. The molecule has 0 N–H and O–H groups in total. The molecule has 0 saturated heterocycles. The Bertz CT molecular complexity index is 505. The lowest BCUT2D eigenvalue weighted by Gasteiger charge is -2.05. The largest absolute Gasteiger partial charge is 0.462 e. The number of hydrogen-bond acceptors (Lipinski definition) is 4. The van der Waals surface area contributed by atoms with Crippen molar-refractivity contribution in [1.29, 1.82) is 5.26 Å². The standard InChI is InChI=1S/C13H12ClNO3/c1-2-18-13(17)9-3-4-11(10(7-9)8-15)12(16)5-6-14/h3-4,7H,2,5-6H2,1H3. The first-order valence-corrected chi connectivity index (χ1v) is 5.98. The fourth-order valence-corrected chi connectivity index (χ4v) is 1.61. The van der Waals surface area contributed by atoms with Crippen LogP contribution >= 0.6 is 11.6 Å². The van der Waals surface area contributed by atoms with Gasteiger partial charge in [0.15, 0.2) is 5.78 Å². The number of esters is 1. The fraction of sp³-hybridized carbons (Fsp3) is 0.308. The van der Waals surface area contributed by atoms with E-state index in [2.05, 4.69) is 0 Å². The van der Waals surface area contributed by atoms with Crippen LogP contribution in [0.4, 0.5) is 0 Å². The molecule has 18 heavy (non-hydrogen) atoms. The molecule has 1 aromatic carbocycles. The highest BCUT2D eigenvalue weighted by Gasteiger charge is 2.14. The molecule has 0 saturated carbocycles. The first kappa shape index (κ1) is 14.2. The van der Waals surface area contributed by atoms with Gasteiger partial charge >= 0.3 is 5.97 Å². The van der Waals surface area contributed by atoms with Gasteiger partial charge in [-0.2, -0.15) is 5.26 Å². The molecule has 1 rings (SSSR count). The number of carbonyl (C=O) groups excluding carboxylic acids is 2. The average molecular weight is 266 g/mol. The van der Waals surface area contributed by atoms with Crippen molar-refractivity contribution in [2.75, 3.05) is 12.5 Å². The van der Waals surface area contributed by atoms with E-state index in [1.165, 1.54) is 18.2 Å². The summed E-state index contributed by atoms with van der Waals surface area (Å²) in [5, 5.41) is 8.98. The Labute approximate surface area is 110 Å². The van der Waals surface area contributed by atoms with Crippen LogP contribution in [0.15, 0.2) is 18.2 Å². The molecule has 1 aromatic rings.